The highest BCUT2D eigenvalue weighted by molar-refractivity contribution is 5.89. The number of anilines is 2. The molecule has 4 nitrogen and oxygen atoms in total. The first kappa shape index (κ1) is 12.9. The van der Waals surface area contributed by atoms with E-state index < -0.39 is 0 Å². The molecule has 0 spiro atoms. The summed E-state index contributed by atoms with van der Waals surface area (Å²) >= 11 is 0. The Morgan fingerprint density at radius 3 is 2.94 bits per heavy atom. The number of benzene rings is 1. The Hall–Kier alpha value is -1.55. The molecule has 0 saturated carbocycles. The van der Waals surface area contributed by atoms with Crippen LogP contribution in [0.1, 0.15) is 25.3 Å². The lowest BCUT2D eigenvalue weighted by Gasteiger charge is -2.14. The van der Waals surface area contributed by atoms with Gasteiger partial charge in [0.15, 0.2) is 0 Å². The van der Waals surface area contributed by atoms with Crippen LogP contribution in [0.15, 0.2) is 18.2 Å². The Morgan fingerprint density at radius 1 is 1.50 bits per heavy atom. The van der Waals surface area contributed by atoms with E-state index in [4.69, 9.17) is 4.74 Å². The first-order valence-corrected chi connectivity index (χ1v) is 6.39. The second kappa shape index (κ2) is 5.87. The molecule has 1 fully saturated rings. The van der Waals surface area contributed by atoms with Crippen molar-refractivity contribution in [3.8, 4) is 0 Å². The van der Waals surface area contributed by atoms with Gasteiger partial charge < -0.3 is 15.4 Å². The fourth-order valence-electron chi connectivity index (χ4n) is 2.14. The average molecular weight is 248 g/mol. The summed E-state index contributed by atoms with van der Waals surface area (Å²) in [4.78, 5) is 11.0. The lowest BCUT2D eigenvalue weighted by atomic mass is 10.1. The Balaban J connectivity index is 1.93. The lowest BCUT2D eigenvalue weighted by molar-refractivity contribution is -0.114. The Kier molecular flexibility index (Phi) is 4.20. The molecule has 2 N–H and O–H groups in total. The average Bonchev–Trinajstić information content (AvgIpc) is 2.82. The third kappa shape index (κ3) is 3.47. The van der Waals surface area contributed by atoms with Crippen molar-refractivity contribution in [3.63, 3.8) is 0 Å². The zero-order valence-corrected chi connectivity index (χ0v) is 11.0. The molecular weight excluding hydrogens is 228 g/mol. The van der Waals surface area contributed by atoms with Gasteiger partial charge in [-0.3, -0.25) is 4.79 Å². The van der Waals surface area contributed by atoms with Gasteiger partial charge in [0.2, 0.25) is 5.91 Å². The van der Waals surface area contributed by atoms with Crippen molar-refractivity contribution in [2.75, 3.05) is 23.8 Å². The minimum absolute atomic E-state index is 0.0434. The number of nitrogens with one attached hydrogen (secondary N) is 2. The molecule has 1 aliphatic rings. The van der Waals surface area contributed by atoms with Crippen molar-refractivity contribution in [1.29, 1.82) is 0 Å². The van der Waals surface area contributed by atoms with E-state index in [1.807, 2.05) is 25.1 Å². The molecule has 1 saturated heterocycles. The predicted octanol–water partition coefficient (Wildman–Crippen LogP) is 2.54. The number of rotatable bonds is 4. The molecule has 0 radical (unpaired) electrons. The molecule has 0 aliphatic carbocycles. The van der Waals surface area contributed by atoms with Gasteiger partial charge in [-0.05, 0) is 43.5 Å². The van der Waals surface area contributed by atoms with Crippen molar-refractivity contribution < 1.29 is 9.53 Å². The van der Waals surface area contributed by atoms with E-state index >= 15 is 0 Å². The summed E-state index contributed by atoms with van der Waals surface area (Å²) < 4.78 is 5.56. The van der Waals surface area contributed by atoms with Gasteiger partial charge in [-0.25, -0.2) is 0 Å². The summed E-state index contributed by atoms with van der Waals surface area (Å²) in [5.74, 6) is -0.0434. The fourth-order valence-corrected chi connectivity index (χ4v) is 2.14. The van der Waals surface area contributed by atoms with Crippen LogP contribution in [0.3, 0.4) is 0 Å². The van der Waals surface area contributed by atoms with Gasteiger partial charge in [-0.2, -0.15) is 0 Å². The molecule has 2 rings (SSSR count). The summed E-state index contributed by atoms with van der Waals surface area (Å²) in [5, 5.41) is 6.18. The van der Waals surface area contributed by atoms with Crippen LogP contribution in [-0.2, 0) is 9.53 Å². The smallest absolute Gasteiger partial charge is 0.221 e. The number of carbonyl (C=O) groups is 1. The van der Waals surface area contributed by atoms with Crippen LogP contribution >= 0.6 is 0 Å². The van der Waals surface area contributed by atoms with E-state index in [0.717, 1.165) is 42.9 Å². The molecular formula is C14H20N2O2. The summed E-state index contributed by atoms with van der Waals surface area (Å²) in [7, 11) is 0. The molecule has 1 heterocycles. The topological polar surface area (TPSA) is 50.4 Å². The van der Waals surface area contributed by atoms with Gasteiger partial charge in [0, 0.05) is 31.5 Å². The van der Waals surface area contributed by atoms with Crippen molar-refractivity contribution in [2.45, 2.75) is 32.8 Å². The molecule has 1 aliphatic heterocycles. The number of hydrogen-bond acceptors (Lipinski definition) is 3. The van der Waals surface area contributed by atoms with Crippen molar-refractivity contribution in [2.24, 2.45) is 0 Å². The maximum Gasteiger partial charge on any atom is 0.221 e. The van der Waals surface area contributed by atoms with Gasteiger partial charge in [0.1, 0.15) is 0 Å². The molecule has 1 aromatic rings. The van der Waals surface area contributed by atoms with E-state index in [0.29, 0.717) is 6.10 Å². The maximum absolute atomic E-state index is 11.0. The number of aryl methyl sites for hydroxylation is 1. The Bertz CT molecular complexity index is 426. The second-order valence-electron chi connectivity index (χ2n) is 4.73. The zero-order valence-electron chi connectivity index (χ0n) is 11.0. The van der Waals surface area contributed by atoms with Crippen molar-refractivity contribution in [3.05, 3.63) is 23.8 Å². The molecule has 1 unspecified atom stereocenters. The molecule has 1 atom stereocenters. The summed E-state index contributed by atoms with van der Waals surface area (Å²) in [5.41, 5.74) is 2.99. The van der Waals surface area contributed by atoms with Gasteiger partial charge in [-0.1, -0.05) is 0 Å². The highest BCUT2D eigenvalue weighted by atomic mass is 16.5. The quantitative estimate of drug-likeness (QED) is 0.861. The van der Waals surface area contributed by atoms with Gasteiger partial charge >= 0.3 is 0 Å². The third-order valence-corrected chi connectivity index (χ3v) is 3.09. The summed E-state index contributed by atoms with van der Waals surface area (Å²) in [6, 6.07) is 5.95. The van der Waals surface area contributed by atoms with Crippen LogP contribution in [-0.4, -0.2) is 25.2 Å². The van der Waals surface area contributed by atoms with Crippen molar-refractivity contribution in [1.82, 2.24) is 0 Å². The molecule has 1 aromatic carbocycles. The van der Waals surface area contributed by atoms with E-state index in [9.17, 15) is 4.79 Å². The molecule has 98 valence electrons. The normalized spacial score (nSPS) is 18.7. The standard InChI is InChI=1S/C14H20N2O2/c1-10-8-12(5-6-14(10)16-11(2)17)15-9-13-4-3-7-18-13/h5-6,8,13,15H,3-4,7,9H2,1-2H3,(H,16,17). The van der Waals surface area contributed by atoms with E-state index in [-0.39, 0.29) is 5.91 Å². The molecule has 0 bridgehead atoms. The predicted molar refractivity (Wildman–Crippen MR) is 72.9 cm³/mol. The largest absolute Gasteiger partial charge is 0.382 e. The highest BCUT2D eigenvalue weighted by Gasteiger charge is 2.14. The first-order valence-electron chi connectivity index (χ1n) is 6.39. The fraction of sp³-hybridized carbons (Fsp3) is 0.500. The van der Waals surface area contributed by atoms with Crippen LogP contribution in [0.2, 0.25) is 0 Å². The van der Waals surface area contributed by atoms with E-state index in [1.165, 1.54) is 6.92 Å². The van der Waals surface area contributed by atoms with Crippen LogP contribution in [0.25, 0.3) is 0 Å². The summed E-state index contributed by atoms with van der Waals surface area (Å²) in [6.45, 7) is 5.23. The third-order valence-electron chi connectivity index (χ3n) is 3.09. The Morgan fingerprint density at radius 2 is 2.33 bits per heavy atom. The minimum atomic E-state index is -0.0434. The second-order valence-corrected chi connectivity index (χ2v) is 4.73. The van der Waals surface area contributed by atoms with Crippen LogP contribution in [0, 0.1) is 6.92 Å². The maximum atomic E-state index is 11.0. The number of hydrogen-bond donors (Lipinski definition) is 2. The number of carbonyl (C=O) groups excluding carboxylic acids is 1. The molecule has 18 heavy (non-hydrogen) atoms. The molecule has 4 heteroatoms. The van der Waals surface area contributed by atoms with E-state index in [1.54, 1.807) is 0 Å². The minimum Gasteiger partial charge on any atom is -0.382 e. The van der Waals surface area contributed by atoms with Crippen LogP contribution in [0.4, 0.5) is 11.4 Å². The van der Waals surface area contributed by atoms with Crippen LogP contribution < -0.4 is 10.6 Å². The molecule has 0 aromatic heterocycles. The monoisotopic (exact) mass is 248 g/mol. The SMILES string of the molecule is CC(=O)Nc1ccc(NCC2CCCO2)cc1C. The molecule has 1 amide bonds. The number of amides is 1. The van der Waals surface area contributed by atoms with E-state index in [2.05, 4.69) is 10.6 Å². The number of ether oxygens (including phenoxy) is 1. The van der Waals surface area contributed by atoms with Crippen molar-refractivity contribution >= 4 is 17.3 Å². The van der Waals surface area contributed by atoms with Gasteiger partial charge in [-0.15, -0.1) is 0 Å². The highest BCUT2D eigenvalue weighted by Crippen LogP contribution is 2.20. The van der Waals surface area contributed by atoms with Crippen LogP contribution in [0.5, 0.6) is 0 Å². The van der Waals surface area contributed by atoms with Gasteiger partial charge in [0.25, 0.3) is 0 Å². The first-order chi connectivity index (χ1) is 8.65. The zero-order chi connectivity index (χ0) is 13.0. The summed E-state index contributed by atoms with van der Waals surface area (Å²) in [6.07, 6.45) is 2.63. The van der Waals surface area contributed by atoms with Gasteiger partial charge in [0.05, 0.1) is 6.10 Å². The lowest BCUT2D eigenvalue weighted by Crippen LogP contribution is -2.18. The Labute approximate surface area is 108 Å².